The fourth-order valence-electron chi connectivity index (χ4n) is 6.25. The summed E-state index contributed by atoms with van der Waals surface area (Å²) in [5, 5.41) is 10.7. The Balaban J connectivity index is 1.44. The van der Waals surface area contributed by atoms with Crippen LogP contribution in [0.2, 0.25) is 0 Å². The third kappa shape index (κ3) is 4.22. The van der Waals surface area contributed by atoms with Crippen LogP contribution < -0.4 is 11.5 Å². The van der Waals surface area contributed by atoms with Gasteiger partial charge in [0.1, 0.15) is 22.9 Å². The monoisotopic (exact) mass is 567 g/mol. The van der Waals surface area contributed by atoms with Gasteiger partial charge in [-0.05, 0) is 51.2 Å². The number of nitrogens with zero attached hydrogens (tertiary/aromatic N) is 6. The van der Waals surface area contributed by atoms with E-state index in [1.165, 1.54) is 23.1 Å². The number of carbonyl (C=O) groups is 1. The van der Waals surface area contributed by atoms with E-state index in [4.69, 9.17) is 16.5 Å². The number of halogens is 1. The fraction of sp³-hybridized carbons (Fsp3) is 0.423. The van der Waals surface area contributed by atoms with Crippen molar-refractivity contribution in [2.75, 3.05) is 12.0 Å². The number of rotatable bonds is 5. The number of amides is 1. The number of nitrogens with two attached hydrogens (primary N) is 2. The Bertz CT molecular complexity index is 1730. The molecule has 5 N–H and O–H groups in total. The first-order valence-corrected chi connectivity index (χ1v) is 14.9. The average Bonchev–Trinajstić information content (AvgIpc) is 3.60. The predicted molar refractivity (Wildman–Crippen MR) is 144 cm³/mol. The number of hydrogen-bond donors (Lipinski definition) is 3. The number of sulfone groups is 1. The SMILES string of the molecule is CC(C)(N)c1ccc(-c2cnn3c(N)c(S(C)(=O)=O)c(C4CC5CCC(C4)N5C(=O)c4ncn[nH]4)nc23)cc1F. The summed E-state index contributed by atoms with van der Waals surface area (Å²) in [7, 11) is -3.79. The van der Waals surface area contributed by atoms with Gasteiger partial charge in [0.15, 0.2) is 15.5 Å². The van der Waals surface area contributed by atoms with E-state index in [1.807, 2.05) is 4.90 Å². The van der Waals surface area contributed by atoms with Gasteiger partial charge in [-0.1, -0.05) is 12.1 Å². The second kappa shape index (κ2) is 9.06. The molecule has 2 aliphatic heterocycles. The molecule has 2 saturated heterocycles. The molecule has 0 saturated carbocycles. The van der Waals surface area contributed by atoms with Crippen LogP contribution in [0.1, 0.15) is 67.3 Å². The van der Waals surface area contributed by atoms with E-state index in [1.54, 1.807) is 26.0 Å². The Morgan fingerprint density at radius 3 is 2.48 bits per heavy atom. The summed E-state index contributed by atoms with van der Waals surface area (Å²) in [6.07, 6.45) is 6.49. The smallest absolute Gasteiger partial charge is 0.291 e. The molecule has 6 rings (SSSR count). The van der Waals surface area contributed by atoms with Gasteiger partial charge in [-0.2, -0.15) is 14.7 Å². The molecule has 2 unspecified atom stereocenters. The number of aromatic nitrogens is 6. The number of aromatic amines is 1. The van der Waals surface area contributed by atoms with Crippen molar-refractivity contribution in [2.24, 2.45) is 5.73 Å². The molecule has 1 aromatic carbocycles. The number of fused-ring (bicyclic) bond motifs is 3. The van der Waals surface area contributed by atoms with Crippen molar-refractivity contribution in [3.8, 4) is 11.1 Å². The van der Waals surface area contributed by atoms with Gasteiger partial charge in [-0.3, -0.25) is 9.89 Å². The van der Waals surface area contributed by atoms with Crippen LogP contribution in [-0.4, -0.2) is 67.3 Å². The minimum absolute atomic E-state index is 0.0542. The molecular weight excluding hydrogens is 537 g/mol. The zero-order valence-corrected chi connectivity index (χ0v) is 23.1. The van der Waals surface area contributed by atoms with Crippen LogP contribution in [0.15, 0.2) is 35.6 Å². The Hall–Kier alpha value is -3.91. The molecule has 210 valence electrons. The van der Waals surface area contributed by atoms with E-state index >= 15 is 4.39 Å². The van der Waals surface area contributed by atoms with Gasteiger partial charge < -0.3 is 16.4 Å². The van der Waals surface area contributed by atoms with Gasteiger partial charge in [-0.15, -0.1) is 0 Å². The van der Waals surface area contributed by atoms with Crippen molar-refractivity contribution in [3.05, 3.63) is 53.6 Å². The van der Waals surface area contributed by atoms with E-state index in [2.05, 4.69) is 20.3 Å². The van der Waals surface area contributed by atoms with Gasteiger partial charge in [-0.25, -0.2) is 22.8 Å². The third-order valence-corrected chi connectivity index (χ3v) is 9.14. The molecular formula is C26H30FN9O3S. The molecule has 0 aliphatic carbocycles. The van der Waals surface area contributed by atoms with Crippen molar-refractivity contribution in [2.45, 2.75) is 68.0 Å². The summed E-state index contributed by atoms with van der Waals surface area (Å²) in [5.74, 6) is -0.838. The van der Waals surface area contributed by atoms with Crippen LogP contribution in [0.5, 0.6) is 0 Å². The minimum atomic E-state index is -3.79. The lowest BCUT2D eigenvalue weighted by atomic mass is 9.87. The van der Waals surface area contributed by atoms with Crippen LogP contribution >= 0.6 is 0 Å². The van der Waals surface area contributed by atoms with Crippen molar-refractivity contribution in [1.29, 1.82) is 0 Å². The lowest BCUT2D eigenvalue weighted by molar-refractivity contribution is 0.0556. The quantitative estimate of drug-likeness (QED) is 0.326. The van der Waals surface area contributed by atoms with Gasteiger partial charge in [0.05, 0.1) is 11.9 Å². The molecule has 4 aromatic rings. The largest absolute Gasteiger partial charge is 0.382 e. The topological polar surface area (TPSA) is 178 Å². The molecule has 2 fully saturated rings. The standard InChI is InChI=1S/C26H30FN9O3S/c1-26(2,29)18-7-4-13(10-19(18)27)17-11-32-36-22(28)21(40(3,38)39)20(33-24(17)36)14-8-15-5-6-16(9-14)35(15)25(37)23-30-12-31-34-23/h4,7,10-12,14-16H,5-6,8-9,28-29H2,1-3H3,(H,30,31,34). The highest BCUT2D eigenvalue weighted by Gasteiger charge is 2.46. The summed E-state index contributed by atoms with van der Waals surface area (Å²) in [5.41, 5.74) is 13.7. The number of carbonyl (C=O) groups excluding carboxylic acids is 1. The fourth-order valence-corrected chi connectivity index (χ4v) is 7.30. The number of anilines is 1. The van der Waals surface area contributed by atoms with E-state index in [9.17, 15) is 13.2 Å². The highest BCUT2D eigenvalue weighted by Crippen LogP contribution is 2.45. The Kier molecular flexibility index (Phi) is 5.96. The molecule has 0 radical (unpaired) electrons. The number of hydrogen-bond acceptors (Lipinski definition) is 9. The molecule has 2 atom stereocenters. The number of H-pyrrole nitrogens is 1. The predicted octanol–water partition coefficient (Wildman–Crippen LogP) is 2.38. The zero-order valence-electron chi connectivity index (χ0n) is 22.3. The Labute approximate surface area is 229 Å². The summed E-state index contributed by atoms with van der Waals surface area (Å²) in [6, 6.07) is 4.51. The number of benzene rings is 1. The van der Waals surface area contributed by atoms with Gasteiger partial charge in [0.25, 0.3) is 5.91 Å². The normalized spacial score (nSPS) is 21.3. The lowest BCUT2D eigenvalue weighted by Crippen LogP contribution is -2.46. The van der Waals surface area contributed by atoms with Crippen LogP contribution in [0.4, 0.5) is 10.2 Å². The van der Waals surface area contributed by atoms with Crippen LogP contribution in [0.3, 0.4) is 0 Å². The third-order valence-electron chi connectivity index (χ3n) is 7.98. The van der Waals surface area contributed by atoms with Crippen LogP contribution in [0, 0.1) is 5.82 Å². The molecule has 40 heavy (non-hydrogen) atoms. The number of nitrogen functional groups attached to an aromatic ring is 1. The number of piperidine rings is 1. The first kappa shape index (κ1) is 26.3. The second-order valence-corrected chi connectivity index (χ2v) is 13.2. The zero-order chi connectivity index (χ0) is 28.6. The molecule has 12 nitrogen and oxygen atoms in total. The molecule has 5 heterocycles. The van der Waals surface area contributed by atoms with E-state index in [-0.39, 0.29) is 40.4 Å². The van der Waals surface area contributed by atoms with Crippen molar-refractivity contribution in [1.82, 2.24) is 34.7 Å². The first-order valence-electron chi connectivity index (χ1n) is 13.0. The van der Waals surface area contributed by atoms with E-state index < -0.39 is 21.2 Å². The Morgan fingerprint density at radius 1 is 1.20 bits per heavy atom. The summed E-state index contributed by atoms with van der Waals surface area (Å²) < 4.78 is 42.3. The second-order valence-electron chi connectivity index (χ2n) is 11.3. The summed E-state index contributed by atoms with van der Waals surface area (Å²) in [6.45, 7) is 3.44. The van der Waals surface area contributed by atoms with Crippen LogP contribution in [-0.2, 0) is 15.4 Å². The maximum Gasteiger partial charge on any atom is 0.291 e. The number of nitrogens with one attached hydrogen (secondary N) is 1. The van der Waals surface area contributed by atoms with E-state index in [0.717, 1.165) is 19.1 Å². The highest BCUT2D eigenvalue weighted by molar-refractivity contribution is 7.91. The van der Waals surface area contributed by atoms with Gasteiger partial charge >= 0.3 is 0 Å². The van der Waals surface area contributed by atoms with Gasteiger partial charge in [0, 0.05) is 40.9 Å². The van der Waals surface area contributed by atoms with E-state index in [0.29, 0.717) is 40.9 Å². The average molecular weight is 568 g/mol. The van der Waals surface area contributed by atoms with Crippen LogP contribution in [0.25, 0.3) is 16.8 Å². The molecule has 2 aliphatic rings. The van der Waals surface area contributed by atoms with Crippen molar-refractivity contribution >= 4 is 27.2 Å². The maximum absolute atomic E-state index is 15.0. The van der Waals surface area contributed by atoms with Crippen molar-refractivity contribution in [3.63, 3.8) is 0 Å². The first-order chi connectivity index (χ1) is 18.8. The molecule has 14 heteroatoms. The Morgan fingerprint density at radius 2 is 1.90 bits per heavy atom. The molecule has 3 aromatic heterocycles. The van der Waals surface area contributed by atoms with Gasteiger partial charge in [0.2, 0.25) is 5.82 Å². The molecule has 1 amide bonds. The highest BCUT2D eigenvalue weighted by atomic mass is 32.2. The summed E-state index contributed by atoms with van der Waals surface area (Å²) in [4.78, 5) is 23.7. The summed E-state index contributed by atoms with van der Waals surface area (Å²) >= 11 is 0. The molecule has 0 spiro atoms. The molecule has 2 bridgehead atoms. The van der Waals surface area contributed by atoms with Crippen molar-refractivity contribution < 1.29 is 17.6 Å². The maximum atomic E-state index is 15.0. The minimum Gasteiger partial charge on any atom is -0.382 e. The lowest BCUT2D eigenvalue weighted by Gasteiger charge is -2.38.